The van der Waals surface area contributed by atoms with E-state index < -0.39 is 10.0 Å². The topological polar surface area (TPSA) is 60.3 Å². The maximum Gasteiger partial charge on any atom is 0.247 e. The predicted octanol–water partition coefficient (Wildman–Crippen LogP) is 1.10. The lowest BCUT2D eigenvalue weighted by Crippen LogP contribution is -3.13. The molecule has 146 valence electrons. The fourth-order valence-electron chi connectivity index (χ4n) is 3.34. The van der Waals surface area contributed by atoms with Crippen molar-refractivity contribution in [1.29, 1.82) is 0 Å². The van der Waals surface area contributed by atoms with E-state index in [1.54, 1.807) is 16.4 Å². The van der Waals surface area contributed by atoms with Gasteiger partial charge in [0.15, 0.2) is 0 Å². The summed E-state index contributed by atoms with van der Waals surface area (Å²) in [4.78, 5) is 1.55. The Hall–Kier alpha value is -2.09. The van der Waals surface area contributed by atoms with Crippen molar-refractivity contribution in [1.82, 2.24) is 4.31 Å². The van der Waals surface area contributed by atoms with E-state index in [-0.39, 0.29) is 4.90 Å². The van der Waals surface area contributed by atoms with Gasteiger partial charge in [-0.2, -0.15) is 4.31 Å². The number of aryl methyl sites for hydroxylation is 1. The van der Waals surface area contributed by atoms with Gasteiger partial charge in [0.05, 0.1) is 40.4 Å². The number of hydrogen-bond acceptors (Lipinski definition) is 4. The van der Waals surface area contributed by atoms with Crippen LogP contribution in [0, 0.1) is 6.92 Å². The highest BCUT2D eigenvalue weighted by atomic mass is 32.2. The SMILES string of the molecule is COc1ccc(OC)c(S(=O)(=O)N2CC[NH+](Cc3ccc(C)cc3)CC2)c1. The molecule has 0 amide bonds. The summed E-state index contributed by atoms with van der Waals surface area (Å²) in [7, 11) is -0.628. The van der Waals surface area contributed by atoms with E-state index in [0.717, 1.165) is 19.6 Å². The average Bonchev–Trinajstić information content (AvgIpc) is 2.69. The number of rotatable bonds is 6. The van der Waals surface area contributed by atoms with E-state index in [1.165, 1.54) is 36.3 Å². The quantitative estimate of drug-likeness (QED) is 0.801. The number of hydrogen-bond donors (Lipinski definition) is 1. The fraction of sp³-hybridized carbons (Fsp3) is 0.400. The summed E-state index contributed by atoms with van der Waals surface area (Å²) < 4.78 is 38.2. The fourth-order valence-corrected chi connectivity index (χ4v) is 4.95. The van der Waals surface area contributed by atoms with Crippen molar-refractivity contribution < 1.29 is 22.8 Å². The molecule has 1 heterocycles. The van der Waals surface area contributed by atoms with Gasteiger partial charge in [-0.05, 0) is 19.1 Å². The van der Waals surface area contributed by atoms with Crippen LogP contribution in [0.1, 0.15) is 11.1 Å². The lowest BCUT2D eigenvalue weighted by atomic mass is 10.1. The largest absolute Gasteiger partial charge is 0.497 e. The summed E-state index contributed by atoms with van der Waals surface area (Å²) in [6.07, 6.45) is 0. The molecule has 1 aliphatic heterocycles. The van der Waals surface area contributed by atoms with Crippen molar-refractivity contribution >= 4 is 10.0 Å². The third-order valence-corrected chi connectivity index (χ3v) is 6.91. The molecule has 1 saturated heterocycles. The van der Waals surface area contributed by atoms with Crippen LogP contribution in [0.3, 0.4) is 0 Å². The zero-order valence-electron chi connectivity index (χ0n) is 16.1. The van der Waals surface area contributed by atoms with E-state index in [0.29, 0.717) is 24.6 Å². The highest BCUT2D eigenvalue weighted by Gasteiger charge is 2.32. The van der Waals surface area contributed by atoms with Crippen LogP contribution in [-0.4, -0.2) is 53.1 Å². The van der Waals surface area contributed by atoms with Gasteiger partial charge < -0.3 is 14.4 Å². The van der Waals surface area contributed by atoms with E-state index in [4.69, 9.17) is 9.47 Å². The van der Waals surface area contributed by atoms with E-state index in [1.807, 2.05) is 0 Å². The first-order valence-corrected chi connectivity index (χ1v) is 10.5. The number of nitrogens with one attached hydrogen (secondary N) is 1. The van der Waals surface area contributed by atoms with Gasteiger partial charge >= 0.3 is 0 Å². The Morgan fingerprint density at radius 2 is 1.67 bits per heavy atom. The number of nitrogens with zero attached hydrogens (tertiary/aromatic N) is 1. The molecule has 1 aliphatic rings. The van der Waals surface area contributed by atoms with Crippen LogP contribution in [0.2, 0.25) is 0 Å². The van der Waals surface area contributed by atoms with Gasteiger partial charge in [0.1, 0.15) is 22.9 Å². The molecular weight excluding hydrogens is 364 g/mol. The Bertz CT molecular complexity index is 873. The maximum absolute atomic E-state index is 13.1. The Morgan fingerprint density at radius 3 is 2.26 bits per heavy atom. The summed E-state index contributed by atoms with van der Waals surface area (Å²) in [5, 5.41) is 0. The average molecular weight is 392 g/mol. The molecule has 0 unspecified atom stereocenters. The lowest BCUT2D eigenvalue weighted by molar-refractivity contribution is -0.917. The van der Waals surface area contributed by atoms with E-state index in [2.05, 4.69) is 31.2 Å². The van der Waals surface area contributed by atoms with Gasteiger partial charge in [0.25, 0.3) is 0 Å². The number of quaternary nitrogens is 1. The van der Waals surface area contributed by atoms with Gasteiger partial charge in [-0.3, -0.25) is 0 Å². The minimum Gasteiger partial charge on any atom is -0.497 e. The number of sulfonamides is 1. The Kier molecular flexibility index (Phi) is 6.04. The number of benzene rings is 2. The second kappa shape index (κ2) is 8.29. The first kappa shape index (κ1) is 19.7. The van der Waals surface area contributed by atoms with Crippen molar-refractivity contribution in [3.63, 3.8) is 0 Å². The molecule has 0 radical (unpaired) electrons. The molecule has 1 fully saturated rings. The Balaban J connectivity index is 1.70. The zero-order chi connectivity index (χ0) is 19.4. The zero-order valence-corrected chi connectivity index (χ0v) is 16.9. The second-order valence-electron chi connectivity index (χ2n) is 6.83. The first-order chi connectivity index (χ1) is 12.9. The van der Waals surface area contributed by atoms with Crippen LogP contribution in [0.4, 0.5) is 0 Å². The molecule has 0 atom stereocenters. The van der Waals surface area contributed by atoms with E-state index >= 15 is 0 Å². The maximum atomic E-state index is 13.1. The van der Waals surface area contributed by atoms with Gasteiger partial charge in [-0.15, -0.1) is 0 Å². The van der Waals surface area contributed by atoms with Gasteiger partial charge in [-0.1, -0.05) is 29.8 Å². The number of methoxy groups -OCH3 is 2. The Labute approximate surface area is 161 Å². The van der Waals surface area contributed by atoms with Gasteiger partial charge in [-0.25, -0.2) is 8.42 Å². The molecule has 0 bridgehead atoms. The highest BCUT2D eigenvalue weighted by Crippen LogP contribution is 2.30. The lowest BCUT2D eigenvalue weighted by Gasteiger charge is -2.31. The molecule has 0 spiro atoms. The number of piperazine rings is 1. The summed E-state index contributed by atoms with van der Waals surface area (Å²) >= 11 is 0. The minimum absolute atomic E-state index is 0.159. The van der Waals surface area contributed by atoms with Crippen molar-refractivity contribution in [3.8, 4) is 11.5 Å². The van der Waals surface area contributed by atoms with E-state index in [9.17, 15) is 8.42 Å². The summed E-state index contributed by atoms with van der Waals surface area (Å²) in [6, 6.07) is 13.4. The van der Waals surface area contributed by atoms with Crippen LogP contribution >= 0.6 is 0 Å². The Morgan fingerprint density at radius 1 is 1.00 bits per heavy atom. The standard InChI is InChI=1S/C20H26N2O4S/c1-16-4-6-17(7-5-16)15-21-10-12-22(13-11-21)27(23,24)20-14-18(25-2)8-9-19(20)26-3/h4-9,14H,10-13,15H2,1-3H3/p+1. The smallest absolute Gasteiger partial charge is 0.247 e. The van der Waals surface area contributed by atoms with Crippen LogP contribution < -0.4 is 14.4 Å². The molecule has 0 saturated carbocycles. The summed E-state index contributed by atoms with van der Waals surface area (Å²) in [5.74, 6) is 0.836. The van der Waals surface area contributed by atoms with Crippen LogP contribution in [0.25, 0.3) is 0 Å². The van der Waals surface area contributed by atoms with Crippen molar-refractivity contribution in [2.75, 3.05) is 40.4 Å². The molecule has 0 aromatic heterocycles. The minimum atomic E-state index is -3.62. The third-order valence-electron chi connectivity index (χ3n) is 4.99. The first-order valence-electron chi connectivity index (χ1n) is 9.05. The third kappa shape index (κ3) is 4.43. The monoisotopic (exact) mass is 391 g/mol. The molecule has 2 aromatic carbocycles. The van der Waals surface area contributed by atoms with Crippen molar-refractivity contribution in [2.45, 2.75) is 18.4 Å². The summed E-state index contributed by atoms with van der Waals surface area (Å²) in [5.41, 5.74) is 2.53. The number of ether oxygens (including phenoxy) is 2. The second-order valence-corrected chi connectivity index (χ2v) is 8.74. The molecule has 2 aromatic rings. The molecule has 3 rings (SSSR count). The molecule has 27 heavy (non-hydrogen) atoms. The normalized spacial score (nSPS) is 16.3. The highest BCUT2D eigenvalue weighted by molar-refractivity contribution is 7.89. The van der Waals surface area contributed by atoms with Crippen molar-refractivity contribution in [2.24, 2.45) is 0 Å². The molecule has 6 nitrogen and oxygen atoms in total. The summed E-state index contributed by atoms with van der Waals surface area (Å²) in [6.45, 7) is 5.52. The van der Waals surface area contributed by atoms with Crippen LogP contribution in [-0.2, 0) is 16.6 Å². The molecular formula is C20H27N2O4S+. The predicted molar refractivity (Wildman–Crippen MR) is 104 cm³/mol. The molecule has 7 heteroatoms. The van der Waals surface area contributed by atoms with Gasteiger partial charge in [0.2, 0.25) is 10.0 Å². The van der Waals surface area contributed by atoms with Crippen molar-refractivity contribution in [3.05, 3.63) is 53.6 Å². The van der Waals surface area contributed by atoms with Crippen LogP contribution in [0.15, 0.2) is 47.4 Å². The molecule has 0 aliphatic carbocycles. The van der Waals surface area contributed by atoms with Gasteiger partial charge in [0, 0.05) is 11.6 Å². The van der Waals surface area contributed by atoms with Crippen LogP contribution in [0.5, 0.6) is 11.5 Å². The molecule has 1 N–H and O–H groups in total.